The Hall–Kier alpha value is -2.43. The maximum atomic E-state index is 13.2. The SMILES string of the molecule is CC1=C(C2=CC=C(F)CC2)/C=C\c2[nH]c(=O)[nH]c(=O)c2CC1. The third-order valence-electron chi connectivity index (χ3n) is 4.15. The lowest BCUT2D eigenvalue weighted by atomic mass is 9.89. The lowest BCUT2D eigenvalue weighted by molar-refractivity contribution is 0.583. The Morgan fingerprint density at radius 2 is 1.82 bits per heavy atom. The van der Waals surface area contributed by atoms with Crippen LogP contribution < -0.4 is 11.2 Å². The Morgan fingerprint density at radius 3 is 2.55 bits per heavy atom. The molecule has 0 saturated heterocycles. The Labute approximate surface area is 126 Å². The highest BCUT2D eigenvalue weighted by Gasteiger charge is 2.15. The van der Waals surface area contributed by atoms with Crippen LogP contribution >= 0.6 is 0 Å². The first-order chi connectivity index (χ1) is 10.5. The van der Waals surface area contributed by atoms with Crippen molar-refractivity contribution in [2.75, 3.05) is 0 Å². The van der Waals surface area contributed by atoms with Crippen molar-refractivity contribution in [1.29, 1.82) is 0 Å². The van der Waals surface area contributed by atoms with Crippen LogP contribution in [0.25, 0.3) is 6.08 Å². The van der Waals surface area contributed by atoms with E-state index in [1.165, 1.54) is 6.08 Å². The molecule has 5 heteroatoms. The quantitative estimate of drug-likeness (QED) is 0.837. The van der Waals surface area contributed by atoms with Gasteiger partial charge in [0.2, 0.25) is 0 Å². The summed E-state index contributed by atoms with van der Waals surface area (Å²) >= 11 is 0. The summed E-state index contributed by atoms with van der Waals surface area (Å²) in [6.07, 6.45) is 9.37. The molecule has 0 unspecified atom stereocenters. The summed E-state index contributed by atoms with van der Waals surface area (Å²) in [5.74, 6) is -0.0990. The highest BCUT2D eigenvalue weighted by molar-refractivity contribution is 5.59. The van der Waals surface area contributed by atoms with Crippen LogP contribution in [0.2, 0.25) is 0 Å². The molecule has 0 atom stereocenters. The molecule has 22 heavy (non-hydrogen) atoms. The average Bonchev–Trinajstić information content (AvgIpc) is 2.46. The fourth-order valence-electron chi connectivity index (χ4n) is 2.89. The summed E-state index contributed by atoms with van der Waals surface area (Å²) in [4.78, 5) is 28.2. The molecule has 2 aliphatic rings. The van der Waals surface area contributed by atoms with Gasteiger partial charge in [0.15, 0.2) is 0 Å². The van der Waals surface area contributed by atoms with Crippen molar-refractivity contribution in [3.8, 4) is 0 Å². The van der Waals surface area contributed by atoms with Gasteiger partial charge in [0.1, 0.15) is 5.83 Å². The number of aromatic nitrogens is 2. The highest BCUT2D eigenvalue weighted by atomic mass is 19.1. The summed E-state index contributed by atoms with van der Waals surface area (Å²) < 4.78 is 13.2. The molecular weight excluding hydrogens is 283 g/mol. The van der Waals surface area contributed by atoms with E-state index >= 15 is 0 Å². The molecular formula is C17H17FN2O2. The zero-order valence-corrected chi connectivity index (χ0v) is 12.3. The molecule has 114 valence electrons. The first-order valence-corrected chi connectivity index (χ1v) is 7.33. The summed E-state index contributed by atoms with van der Waals surface area (Å²) in [6.45, 7) is 2.03. The van der Waals surface area contributed by atoms with Crippen LogP contribution in [0, 0.1) is 0 Å². The summed E-state index contributed by atoms with van der Waals surface area (Å²) in [5, 5.41) is 0. The molecule has 0 saturated carbocycles. The van der Waals surface area contributed by atoms with E-state index in [4.69, 9.17) is 0 Å². The molecule has 0 fully saturated rings. The van der Waals surface area contributed by atoms with E-state index in [2.05, 4.69) is 9.97 Å². The molecule has 3 rings (SSSR count). The van der Waals surface area contributed by atoms with Crippen LogP contribution in [0.15, 0.2) is 50.4 Å². The number of fused-ring (bicyclic) bond motifs is 1. The zero-order valence-electron chi connectivity index (χ0n) is 12.3. The lowest BCUT2D eigenvalue weighted by Gasteiger charge is -2.17. The van der Waals surface area contributed by atoms with Gasteiger partial charge < -0.3 is 4.98 Å². The molecule has 0 spiro atoms. The predicted octanol–water partition coefficient (Wildman–Crippen LogP) is 2.91. The molecule has 0 radical (unpaired) electrons. The minimum Gasteiger partial charge on any atom is -0.307 e. The standard InChI is InChI=1S/C17H17FN2O2/c1-10-2-7-14-15(19-17(22)20-16(14)21)9-8-13(10)11-3-5-12(18)6-4-11/h3,5,8-9H,2,4,6-7H2,1H3,(H2,19,20,21,22)/b9-8-,13-10?. The minimum atomic E-state index is -0.502. The molecule has 1 heterocycles. The number of hydrogen-bond donors (Lipinski definition) is 2. The fraction of sp³-hybridized carbons (Fsp3) is 0.294. The van der Waals surface area contributed by atoms with E-state index in [1.54, 1.807) is 6.08 Å². The van der Waals surface area contributed by atoms with Crippen molar-refractivity contribution in [3.05, 3.63) is 72.9 Å². The van der Waals surface area contributed by atoms with Gasteiger partial charge >= 0.3 is 5.69 Å². The van der Waals surface area contributed by atoms with Gasteiger partial charge in [0, 0.05) is 12.0 Å². The molecule has 0 bridgehead atoms. The van der Waals surface area contributed by atoms with Gasteiger partial charge in [0.25, 0.3) is 5.56 Å². The fourth-order valence-corrected chi connectivity index (χ4v) is 2.89. The first kappa shape index (κ1) is 14.5. The molecule has 0 aliphatic heterocycles. The second-order valence-electron chi connectivity index (χ2n) is 5.63. The largest absolute Gasteiger partial charge is 0.326 e. The van der Waals surface area contributed by atoms with E-state index in [9.17, 15) is 14.0 Å². The third kappa shape index (κ3) is 2.79. The topological polar surface area (TPSA) is 65.7 Å². The van der Waals surface area contributed by atoms with E-state index in [0.717, 1.165) is 23.1 Å². The number of hydrogen-bond acceptors (Lipinski definition) is 2. The predicted molar refractivity (Wildman–Crippen MR) is 84.2 cm³/mol. The van der Waals surface area contributed by atoms with Crippen molar-refractivity contribution < 1.29 is 4.39 Å². The normalized spacial score (nSPS) is 19.7. The molecule has 4 nitrogen and oxygen atoms in total. The molecule has 1 aromatic rings. The highest BCUT2D eigenvalue weighted by Crippen LogP contribution is 2.30. The van der Waals surface area contributed by atoms with Crippen LogP contribution in [0.4, 0.5) is 4.39 Å². The van der Waals surface area contributed by atoms with Gasteiger partial charge in [0.05, 0.1) is 5.69 Å². The summed E-state index contributed by atoms with van der Waals surface area (Å²) in [6, 6.07) is 0. The van der Waals surface area contributed by atoms with E-state index in [-0.39, 0.29) is 11.4 Å². The van der Waals surface area contributed by atoms with Crippen LogP contribution in [-0.4, -0.2) is 9.97 Å². The van der Waals surface area contributed by atoms with Crippen LogP contribution in [0.1, 0.15) is 37.4 Å². The number of nitrogens with one attached hydrogen (secondary N) is 2. The monoisotopic (exact) mass is 300 g/mol. The lowest BCUT2D eigenvalue weighted by Crippen LogP contribution is -2.27. The molecule has 0 amide bonds. The minimum absolute atomic E-state index is 0.0990. The molecule has 2 aliphatic carbocycles. The van der Waals surface area contributed by atoms with Crippen LogP contribution in [0.5, 0.6) is 0 Å². The van der Waals surface area contributed by atoms with Crippen molar-refractivity contribution in [2.45, 2.75) is 32.6 Å². The molecule has 1 aromatic heterocycles. The van der Waals surface area contributed by atoms with Crippen molar-refractivity contribution in [1.82, 2.24) is 9.97 Å². The van der Waals surface area contributed by atoms with Crippen molar-refractivity contribution in [3.63, 3.8) is 0 Å². The Kier molecular flexibility index (Phi) is 3.79. The van der Waals surface area contributed by atoms with Crippen LogP contribution in [0.3, 0.4) is 0 Å². The number of halogens is 1. The third-order valence-corrected chi connectivity index (χ3v) is 4.15. The summed E-state index contributed by atoms with van der Waals surface area (Å²) in [7, 11) is 0. The second-order valence-corrected chi connectivity index (χ2v) is 5.63. The maximum Gasteiger partial charge on any atom is 0.326 e. The van der Waals surface area contributed by atoms with Gasteiger partial charge in [-0.2, -0.15) is 0 Å². The van der Waals surface area contributed by atoms with Gasteiger partial charge in [-0.1, -0.05) is 17.7 Å². The molecule has 2 N–H and O–H groups in total. The van der Waals surface area contributed by atoms with Gasteiger partial charge in [-0.25, -0.2) is 9.18 Å². The van der Waals surface area contributed by atoms with E-state index < -0.39 is 5.69 Å². The van der Waals surface area contributed by atoms with Gasteiger partial charge in [-0.05, 0) is 49.5 Å². The Morgan fingerprint density at radius 1 is 1.00 bits per heavy atom. The Balaban J connectivity index is 2.06. The maximum absolute atomic E-state index is 13.2. The van der Waals surface area contributed by atoms with Gasteiger partial charge in [-0.15, -0.1) is 0 Å². The number of aromatic amines is 2. The number of allylic oxidation sites excluding steroid dienone is 7. The number of rotatable bonds is 1. The van der Waals surface area contributed by atoms with E-state index in [0.29, 0.717) is 30.5 Å². The second kappa shape index (κ2) is 5.75. The molecule has 0 aromatic carbocycles. The van der Waals surface area contributed by atoms with Gasteiger partial charge in [-0.3, -0.25) is 9.78 Å². The Bertz CT molecular complexity index is 850. The summed E-state index contributed by atoms with van der Waals surface area (Å²) in [5.41, 5.74) is 3.63. The first-order valence-electron chi connectivity index (χ1n) is 7.33. The average molecular weight is 300 g/mol. The van der Waals surface area contributed by atoms with E-state index in [1.807, 2.05) is 19.1 Å². The number of H-pyrrole nitrogens is 2. The smallest absolute Gasteiger partial charge is 0.307 e. The zero-order chi connectivity index (χ0) is 15.7. The van der Waals surface area contributed by atoms with Crippen molar-refractivity contribution in [2.24, 2.45) is 0 Å². The van der Waals surface area contributed by atoms with Crippen molar-refractivity contribution >= 4 is 6.08 Å². The van der Waals surface area contributed by atoms with Crippen LogP contribution in [-0.2, 0) is 6.42 Å².